The molecule has 2 rings (SSSR count). The molecule has 2 aliphatic heterocycles. The largest absolute Gasteiger partial charge is 0.479 e. The van der Waals surface area contributed by atoms with Crippen LogP contribution in [0.3, 0.4) is 0 Å². The highest BCUT2D eigenvalue weighted by Gasteiger charge is 2.23. The lowest BCUT2D eigenvalue weighted by molar-refractivity contribution is 0.281. The molecule has 108 valence electrons. The lowest BCUT2D eigenvalue weighted by Gasteiger charge is -2.06. The van der Waals surface area contributed by atoms with E-state index >= 15 is 0 Å². The second-order valence-corrected chi connectivity index (χ2v) is 6.14. The lowest BCUT2D eigenvalue weighted by atomic mass is 10.1. The molecule has 0 aliphatic carbocycles. The second-order valence-electron chi connectivity index (χ2n) is 6.14. The van der Waals surface area contributed by atoms with E-state index in [2.05, 4.69) is 37.7 Å². The molecule has 0 saturated heterocycles. The van der Waals surface area contributed by atoms with Crippen LogP contribution in [0.2, 0.25) is 0 Å². The van der Waals surface area contributed by atoms with Crippen molar-refractivity contribution in [3.05, 3.63) is 0 Å². The Labute approximate surface area is 116 Å². The monoisotopic (exact) mass is 266 g/mol. The van der Waals surface area contributed by atoms with Gasteiger partial charge in [0.1, 0.15) is 13.2 Å². The molecule has 0 spiro atoms. The Morgan fingerprint density at radius 3 is 1.63 bits per heavy atom. The Balaban J connectivity index is 1.70. The van der Waals surface area contributed by atoms with E-state index in [0.717, 1.165) is 44.3 Å². The number of aliphatic imine (C=N–C) groups is 2. The molecule has 0 fully saturated rings. The van der Waals surface area contributed by atoms with Crippen molar-refractivity contribution in [3.8, 4) is 0 Å². The number of nitrogens with zero attached hydrogens (tertiary/aromatic N) is 2. The number of ether oxygens (including phenoxy) is 2. The van der Waals surface area contributed by atoms with Crippen LogP contribution >= 0.6 is 0 Å². The van der Waals surface area contributed by atoms with Crippen molar-refractivity contribution >= 4 is 11.8 Å². The minimum atomic E-state index is 0.348. The highest BCUT2D eigenvalue weighted by molar-refractivity contribution is 5.80. The van der Waals surface area contributed by atoms with Gasteiger partial charge in [0.15, 0.2) is 11.8 Å². The van der Waals surface area contributed by atoms with Crippen molar-refractivity contribution in [2.24, 2.45) is 21.8 Å². The van der Waals surface area contributed by atoms with Crippen LogP contribution in [0.15, 0.2) is 9.98 Å². The minimum Gasteiger partial charge on any atom is -0.479 e. The molecule has 0 unspecified atom stereocenters. The summed E-state index contributed by atoms with van der Waals surface area (Å²) in [6, 6.07) is 0.695. The molecule has 0 aromatic heterocycles. The van der Waals surface area contributed by atoms with Crippen LogP contribution in [0.5, 0.6) is 0 Å². The maximum atomic E-state index is 5.62. The summed E-state index contributed by atoms with van der Waals surface area (Å²) in [6.45, 7) is 10.3. The standard InChI is InChI=1S/C15H26N2O2/c1-10(2)12-8-18-14(16-12)6-5-7-15-17-13(9-19-15)11(3)4/h10-13H,5-9H2,1-4H3/t12-,13-/m0/s1. The Morgan fingerprint density at radius 1 is 0.895 bits per heavy atom. The van der Waals surface area contributed by atoms with Gasteiger partial charge in [0.05, 0.1) is 12.1 Å². The quantitative estimate of drug-likeness (QED) is 0.741. The van der Waals surface area contributed by atoms with Gasteiger partial charge in [-0.15, -0.1) is 0 Å². The maximum Gasteiger partial charge on any atom is 0.183 e. The molecule has 0 amide bonds. The highest BCUT2D eigenvalue weighted by Crippen LogP contribution is 2.18. The Hall–Kier alpha value is -1.06. The summed E-state index contributed by atoms with van der Waals surface area (Å²) >= 11 is 0. The lowest BCUT2D eigenvalue weighted by Crippen LogP contribution is -2.13. The first kappa shape index (κ1) is 14.4. The Kier molecular flexibility index (Phi) is 4.83. The molecule has 0 radical (unpaired) electrons. The van der Waals surface area contributed by atoms with Crippen molar-refractivity contribution < 1.29 is 9.47 Å². The van der Waals surface area contributed by atoms with Crippen molar-refractivity contribution in [1.82, 2.24) is 0 Å². The van der Waals surface area contributed by atoms with Gasteiger partial charge in [0.25, 0.3) is 0 Å². The van der Waals surface area contributed by atoms with Gasteiger partial charge in [0.2, 0.25) is 0 Å². The molecule has 19 heavy (non-hydrogen) atoms. The highest BCUT2D eigenvalue weighted by atomic mass is 16.5. The van der Waals surface area contributed by atoms with Gasteiger partial charge in [-0.1, -0.05) is 27.7 Å². The van der Waals surface area contributed by atoms with E-state index in [1.165, 1.54) is 0 Å². The third kappa shape index (κ3) is 3.95. The van der Waals surface area contributed by atoms with Gasteiger partial charge in [-0.3, -0.25) is 0 Å². The zero-order valence-electron chi connectivity index (χ0n) is 12.6. The molecular weight excluding hydrogens is 240 g/mol. The normalized spacial score (nSPS) is 26.4. The topological polar surface area (TPSA) is 43.2 Å². The zero-order valence-corrected chi connectivity index (χ0v) is 12.6. The van der Waals surface area contributed by atoms with Crippen LogP contribution in [-0.2, 0) is 9.47 Å². The summed E-state index contributed by atoms with van der Waals surface area (Å²) in [5.41, 5.74) is 0. The summed E-state index contributed by atoms with van der Waals surface area (Å²) in [6.07, 6.45) is 2.81. The van der Waals surface area contributed by atoms with Gasteiger partial charge in [-0.2, -0.15) is 0 Å². The van der Waals surface area contributed by atoms with E-state index < -0.39 is 0 Å². The van der Waals surface area contributed by atoms with E-state index in [-0.39, 0.29) is 0 Å². The summed E-state index contributed by atoms with van der Waals surface area (Å²) in [5, 5.41) is 0. The number of hydrogen-bond donors (Lipinski definition) is 0. The minimum absolute atomic E-state index is 0.348. The van der Waals surface area contributed by atoms with Crippen LogP contribution < -0.4 is 0 Å². The van der Waals surface area contributed by atoms with Gasteiger partial charge in [0, 0.05) is 12.8 Å². The average molecular weight is 266 g/mol. The molecular formula is C15H26N2O2. The second kappa shape index (κ2) is 6.40. The molecule has 2 atom stereocenters. The fraction of sp³-hybridized carbons (Fsp3) is 0.867. The van der Waals surface area contributed by atoms with E-state index in [0.29, 0.717) is 23.9 Å². The smallest absolute Gasteiger partial charge is 0.183 e. The summed E-state index contributed by atoms with van der Waals surface area (Å²) in [4.78, 5) is 9.22. The summed E-state index contributed by atoms with van der Waals surface area (Å²) in [7, 11) is 0. The summed E-state index contributed by atoms with van der Waals surface area (Å²) < 4.78 is 11.2. The zero-order chi connectivity index (χ0) is 13.8. The van der Waals surface area contributed by atoms with E-state index in [1.54, 1.807) is 0 Å². The van der Waals surface area contributed by atoms with Crippen LogP contribution in [-0.4, -0.2) is 37.1 Å². The first-order valence-electron chi connectivity index (χ1n) is 7.45. The predicted octanol–water partition coefficient (Wildman–Crippen LogP) is 3.06. The third-order valence-corrected chi connectivity index (χ3v) is 3.78. The number of rotatable bonds is 6. The molecule has 0 aromatic rings. The van der Waals surface area contributed by atoms with Gasteiger partial charge < -0.3 is 9.47 Å². The van der Waals surface area contributed by atoms with Crippen molar-refractivity contribution in [2.75, 3.05) is 13.2 Å². The molecule has 2 heterocycles. The molecule has 0 aromatic carbocycles. The number of hydrogen-bond acceptors (Lipinski definition) is 4. The fourth-order valence-corrected chi connectivity index (χ4v) is 2.23. The van der Waals surface area contributed by atoms with E-state index in [9.17, 15) is 0 Å². The van der Waals surface area contributed by atoms with Crippen LogP contribution in [0.1, 0.15) is 47.0 Å². The molecule has 0 N–H and O–H groups in total. The first-order valence-corrected chi connectivity index (χ1v) is 7.45. The van der Waals surface area contributed by atoms with E-state index in [1.807, 2.05) is 0 Å². The van der Waals surface area contributed by atoms with Crippen molar-refractivity contribution in [1.29, 1.82) is 0 Å². The molecule has 0 bridgehead atoms. The fourth-order valence-electron chi connectivity index (χ4n) is 2.23. The van der Waals surface area contributed by atoms with Gasteiger partial charge in [-0.25, -0.2) is 9.98 Å². The van der Waals surface area contributed by atoms with E-state index in [4.69, 9.17) is 9.47 Å². The third-order valence-electron chi connectivity index (χ3n) is 3.78. The summed E-state index contributed by atoms with van der Waals surface area (Å²) in [5.74, 6) is 2.95. The van der Waals surface area contributed by atoms with Crippen LogP contribution in [0.4, 0.5) is 0 Å². The Morgan fingerprint density at radius 2 is 1.32 bits per heavy atom. The van der Waals surface area contributed by atoms with Gasteiger partial charge >= 0.3 is 0 Å². The molecule has 4 nitrogen and oxygen atoms in total. The van der Waals surface area contributed by atoms with Gasteiger partial charge in [-0.05, 0) is 18.3 Å². The maximum absolute atomic E-state index is 5.62. The molecule has 2 aliphatic rings. The Bertz CT molecular complexity index is 327. The first-order chi connectivity index (χ1) is 9.06. The molecule has 4 heteroatoms. The van der Waals surface area contributed by atoms with Crippen LogP contribution in [0, 0.1) is 11.8 Å². The average Bonchev–Trinajstić information content (AvgIpc) is 2.97. The predicted molar refractivity (Wildman–Crippen MR) is 77.9 cm³/mol. The SMILES string of the molecule is CC(C)[C@@H]1COC(CCCC2=N[C@H](C(C)C)CO2)=N1. The van der Waals surface area contributed by atoms with Crippen molar-refractivity contribution in [2.45, 2.75) is 59.0 Å². The molecule has 0 saturated carbocycles. The van der Waals surface area contributed by atoms with Crippen LogP contribution in [0.25, 0.3) is 0 Å². The van der Waals surface area contributed by atoms with Crippen molar-refractivity contribution in [3.63, 3.8) is 0 Å².